The van der Waals surface area contributed by atoms with Crippen LogP contribution in [0.1, 0.15) is 11.5 Å². The molecule has 1 atom stereocenters. The number of alkyl halides is 1. The number of Topliss-reactive ketones (excluding diaryl/α,β-unsaturated/α-hetero) is 1. The fourth-order valence-electron chi connectivity index (χ4n) is 1.06. The Hall–Kier alpha value is -1.14. The molecule has 0 amide bonds. The Morgan fingerprint density at radius 1 is 1.46 bits per heavy atom. The molecule has 0 radical (unpaired) electrons. The van der Waals surface area contributed by atoms with Crippen molar-refractivity contribution in [2.24, 2.45) is 0 Å². The highest BCUT2D eigenvalue weighted by atomic mass is 79.9. The number of hydrogen-bond acceptors (Lipinski definition) is 2. The molecule has 0 saturated heterocycles. The second-order valence-electron chi connectivity index (χ2n) is 2.57. The van der Waals surface area contributed by atoms with Gasteiger partial charge in [0.15, 0.2) is 5.78 Å². The summed E-state index contributed by atoms with van der Waals surface area (Å²) in [4.78, 5) is 11.3. The number of carbonyl (C=O) groups excluding carboxylic acids is 1. The fraction of sp³-hybridized carbons (Fsp3) is 0.200. The zero-order chi connectivity index (χ0) is 9.68. The van der Waals surface area contributed by atoms with E-state index in [4.69, 9.17) is 5.26 Å². The fourth-order valence-corrected chi connectivity index (χ4v) is 1.38. The largest absolute Gasteiger partial charge is 0.297 e. The van der Waals surface area contributed by atoms with Crippen molar-refractivity contribution in [1.82, 2.24) is 0 Å². The van der Waals surface area contributed by atoms with E-state index in [-0.39, 0.29) is 11.1 Å². The van der Waals surface area contributed by atoms with E-state index in [1.54, 1.807) is 12.1 Å². The summed E-state index contributed by atoms with van der Waals surface area (Å²) in [7, 11) is 0. The molecule has 1 aromatic carbocycles. The minimum Gasteiger partial charge on any atom is -0.297 e. The van der Waals surface area contributed by atoms with Gasteiger partial charge in [0.25, 0.3) is 0 Å². The van der Waals surface area contributed by atoms with Gasteiger partial charge < -0.3 is 0 Å². The van der Waals surface area contributed by atoms with E-state index in [9.17, 15) is 4.79 Å². The number of halogens is 1. The number of nitrogens with zero attached hydrogens (tertiary/aromatic N) is 1. The normalized spacial score (nSPS) is 11.7. The monoisotopic (exact) mass is 237 g/mol. The summed E-state index contributed by atoms with van der Waals surface area (Å²) in [5.74, 6) is -0.741. The molecule has 1 unspecified atom stereocenters. The summed E-state index contributed by atoms with van der Waals surface area (Å²) < 4.78 is 0. The second kappa shape index (κ2) is 4.78. The summed E-state index contributed by atoms with van der Waals surface area (Å²) in [5, 5.41) is 9.01. The smallest absolute Gasteiger partial charge is 0.164 e. The number of carbonyl (C=O) groups is 1. The van der Waals surface area contributed by atoms with E-state index in [2.05, 4.69) is 15.9 Å². The number of rotatable bonds is 3. The van der Waals surface area contributed by atoms with Gasteiger partial charge in [0.2, 0.25) is 0 Å². The second-order valence-corrected chi connectivity index (χ2v) is 3.13. The summed E-state index contributed by atoms with van der Waals surface area (Å²) in [6.07, 6.45) is 0. The lowest BCUT2D eigenvalue weighted by Gasteiger charge is -2.04. The minimum atomic E-state index is -0.638. The van der Waals surface area contributed by atoms with Gasteiger partial charge in [-0.05, 0) is 5.56 Å². The molecule has 1 aromatic rings. The van der Waals surface area contributed by atoms with E-state index in [1.807, 2.05) is 24.3 Å². The number of benzene rings is 1. The van der Waals surface area contributed by atoms with Gasteiger partial charge in [-0.2, -0.15) is 5.26 Å². The van der Waals surface area contributed by atoms with Gasteiger partial charge in [0.1, 0.15) is 5.92 Å². The van der Waals surface area contributed by atoms with Crippen molar-refractivity contribution in [2.45, 2.75) is 5.92 Å². The van der Waals surface area contributed by atoms with E-state index >= 15 is 0 Å². The molecule has 0 aliphatic rings. The first kappa shape index (κ1) is 9.94. The Kier molecular flexibility index (Phi) is 3.66. The van der Waals surface area contributed by atoms with Crippen LogP contribution in [0.3, 0.4) is 0 Å². The molecule has 2 nitrogen and oxygen atoms in total. The average molecular weight is 238 g/mol. The van der Waals surface area contributed by atoms with Gasteiger partial charge in [-0.3, -0.25) is 4.79 Å². The molecular formula is C10H8BrNO. The maximum atomic E-state index is 11.3. The van der Waals surface area contributed by atoms with Crippen LogP contribution in [0.5, 0.6) is 0 Å². The third-order valence-corrected chi connectivity index (χ3v) is 2.27. The molecule has 66 valence electrons. The molecule has 13 heavy (non-hydrogen) atoms. The summed E-state index contributed by atoms with van der Waals surface area (Å²) >= 11 is 3.05. The lowest BCUT2D eigenvalue weighted by atomic mass is 9.97. The first-order chi connectivity index (χ1) is 6.29. The number of nitriles is 1. The summed E-state index contributed by atoms with van der Waals surface area (Å²) in [5.41, 5.74) is 0.759. The first-order valence-electron chi connectivity index (χ1n) is 3.83. The molecular weight excluding hydrogens is 230 g/mol. The maximum Gasteiger partial charge on any atom is 0.164 e. The molecule has 0 aromatic heterocycles. The lowest BCUT2D eigenvalue weighted by molar-refractivity contribution is -0.116. The van der Waals surface area contributed by atoms with Crippen LogP contribution in [0.15, 0.2) is 30.3 Å². The highest BCUT2D eigenvalue weighted by molar-refractivity contribution is 9.09. The molecule has 1 rings (SSSR count). The molecule has 0 heterocycles. The highest BCUT2D eigenvalue weighted by Gasteiger charge is 2.17. The van der Waals surface area contributed by atoms with Crippen molar-refractivity contribution in [3.8, 4) is 6.07 Å². The summed E-state index contributed by atoms with van der Waals surface area (Å²) in [6, 6.07) is 11.1. The van der Waals surface area contributed by atoms with Crippen LogP contribution in [-0.2, 0) is 4.79 Å². The molecule has 0 aliphatic carbocycles. The average Bonchev–Trinajstić information content (AvgIpc) is 2.20. The van der Waals surface area contributed by atoms with Crippen molar-refractivity contribution < 1.29 is 4.79 Å². The first-order valence-corrected chi connectivity index (χ1v) is 4.95. The van der Waals surface area contributed by atoms with Gasteiger partial charge in [0.05, 0.1) is 11.4 Å². The zero-order valence-corrected chi connectivity index (χ0v) is 8.49. The summed E-state index contributed by atoms with van der Waals surface area (Å²) in [6.45, 7) is 0. The number of ketones is 1. The SMILES string of the molecule is N#CC(C(=O)CBr)c1ccccc1. The third-order valence-electron chi connectivity index (χ3n) is 1.72. The minimum absolute atomic E-state index is 0.103. The Balaban J connectivity index is 2.93. The Labute approximate surface area is 85.3 Å². The Morgan fingerprint density at radius 2 is 2.08 bits per heavy atom. The van der Waals surface area contributed by atoms with Crippen molar-refractivity contribution in [3.05, 3.63) is 35.9 Å². The third kappa shape index (κ3) is 2.40. The van der Waals surface area contributed by atoms with Crippen LogP contribution in [0.4, 0.5) is 0 Å². The highest BCUT2D eigenvalue weighted by Crippen LogP contribution is 2.16. The van der Waals surface area contributed by atoms with Crippen molar-refractivity contribution in [1.29, 1.82) is 5.26 Å². The molecule has 3 heteroatoms. The molecule has 0 saturated carbocycles. The van der Waals surface area contributed by atoms with Crippen LogP contribution in [0.2, 0.25) is 0 Å². The quantitative estimate of drug-likeness (QED) is 0.758. The van der Waals surface area contributed by atoms with Crippen LogP contribution in [-0.4, -0.2) is 11.1 Å². The maximum absolute atomic E-state index is 11.3. The molecule has 0 fully saturated rings. The van der Waals surface area contributed by atoms with E-state index in [0.29, 0.717) is 0 Å². The van der Waals surface area contributed by atoms with Gasteiger partial charge >= 0.3 is 0 Å². The van der Waals surface area contributed by atoms with Crippen LogP contribution in [0, 0.1) is 11.3 Å². The topological polar surface area (TPSA) is 40.9 Å². The Bertz CT molecular complexity index is 329. The molecule has 0 N–H and O–H groups in total. The van der Waals surface area contributed by atoms with E-state index in [0.717, 1.165) is 5.56 Å². The van der Waals surface area contributed by atoms with E-state index in [1.165, 1.54) is 0 Å². The van der Waals surface area contributed by atoms with Crippen molar-refractivity contribution in [2.75, 3.05) is 5.33 Å². The predicted molar refractivity (Wildman–Crippen MR) is 53.6 cm³/mol. The van der Waals surface area contributed by atoms with Gasteiger partial charge in [-0.25, -0.2) is 0 Å². The molecule has 0 bridgehead atoms. The van der Waals surface area contributed by atoms with Crippen LogP contribution >= 0.6 is 15.9 Å². The Morgan fingerprint density at radius 3 is 2.54 bits per heavy atom. The standard InChI is InChI=1S/C10H8BrNO/c11-6-10(13)9(7-12)8-4-2-1-3-5-8/h1-5,9H,6H2. The predicted octanol–water partition coefficient (Wildman–Crippen LogP) is 2.26. The zero-order valence-electron chi connectivity index (χ0n) is 6.90. The lowest BCUT2D eigenvalue weighted by Crippen LogP contribution is -2.11. The van der Waals surface area contributed by atoms with Gasteiger partial charge in [-0.15, -0.1) is 0 Å². The molecule has 0 aliphatic heterocycles. The van der Waals surface area contributed by atoms with Gasteiger partial charge in [-0.1, -0.05) is 46.3 Å². The van der Waals surface area contributed by atoms with E-state index < -0.39 is 5.92 Å². The number of hydrogen-bond donors (Lipinski definition) is 0. The molecule has 0 spiro atoms. The van der Waals surface area contributed by atoms with Crippen molar-refractivity contribution >= 4 is 21.7 Å². The van der Waals surface area contributed by atoms with Crippen LogP contribution in [0.25, 0.3) is 0 Å². The van der Waals surface area contributed by atoms with Crippen molar-refractivity contribution in [3.63, 3.8) is 0 Å². The van der Waals surface area contributed by atoms with Crippen LogP contribution < -0.4 is 0 Å². The van der Waals surface area contributed by atoms with Gasteiger partial charge in [0, 0.05) is 0 Å².